The molecule has 0 spiro atoms. The third-order valence-corrected chi connectivity index (χ3v) is 5.75. The molecule has 8 N–H and O–H groups in total. The van der Waals surface area contributed by atoms with Gasteiger partial charge in [0.05, 0.1) is 6.54 Å². The van der Waals surface area contributed by atoms with Crippen molar-refractivity contribution in [1.29, 1.82) is 0 Å². The first-order valence-corrected chi connectivity index (χ1v) is 13.3. The molecule has 0 aromatic carbocycles. The first-order valence-electron chi connectivity index (χ1n) is 13.3. The largest absolute Gasteiger partial charge is 0.474 e. The van der Waals surface area contributed by atoms with Crippen molar-refractivity contribution in [3.8, 4) is 0 Å². The van der Waals surface area contributed by atoms with Crippen molar-refractivity contribution < 1.29 is 68.4 Å². The van der Waals surface area contributed by atoms with Gasteiger partial charge in [-0.25, -0.2) is 19.2 Å². The molecule has 0 bridgehead atoms. The zero-order valence-electron chi connectivity index (χ0n) is 23.8. The molecular weight excluding hydrogens is 596 g/mol. The molecule has 1 fully saturated rings. The van der Waals surface area contributed by atoms with Gasteiger partial charge in [0.1, 0.15) is 6.04 Å². The van der Waals surface area contributed by atoms with Crippen LogP contribution >= 0.6 is 0 Å². The van der Waals surface area contributed by atoms with E-state index in [9.17, 15) is 47.9 Å². The normalized spacial score (nSPS) is 12.8. The van der Waals surface area contributed by atoms with Crippen molar-refractivity contribution in [2.45, 2.75) is 45.1 Å². The highest BCUT2D eigenvalue weighted by molar-refractivity contribution is 6.32. The number of hydrogen-bond donors (Lipinski definition) is 8. The van der Waals surface area contributed by atoms with Gasteiger partial charge in [0.15, 0.2) is 0 Å². The number of amides is 6. The summed E-state index contributed by atoms with van der Waals surface area (Å²) in [5, 5.41) is 42.3. The number of carboxylic acids is 4. The highest BCUT2D eigenvalue weighted by Gasteiger charge is 2.31. The highest BCUT2D eigenvalue weighted by Crippen LogP contribution is 2.09. The monoisotopic (exact) mass is 632 g/mol. The average Bonchev–Trinajstić information content (AvgIpc) is 2.98. The highest BCUT2D eigenvalue weighted by atomic mass is 16.4. The standard InChI is InChI=1S/C18H25N5O11.C6H11NO3/c24-11(9-20-13(26)17(31)32)22-5-7-23(8-6-22)15(28)10(21-14(27)18(33)34)3-1-2-4-19-12(25)16(29)30;1-2-3-4-7-5(8)6(9)10/h10H,1-9H2,(H,19,25)(H,20,26)(H,21,27)(H,29,30)(H,31,32)(H,33,34);2-4H2,1H3,(H,7,8)(H,9,10). The Balaban J connectivity index is 0.00000158. The molecule has 246 valence electrons. The smallest absolute Gasteiger partial charge is 0.394 e. The molecule has 44 heavy (non-hydrogen) atoms. The number of hydrogen-bond acceptors (Lipinski definition) is 10. The van der Waals surface area contributed by atoms with E-state index >= 15 is 0 Å². The zero-order chi connectivity index (χ0) is 33.8. The summed E-state index contributed by atoms with van der Waals surface area (Å²) in [6.07, 6.45) is 2.29. The fourth-order valence-electron chi connectivity index (χ4n) is 3.42. The molecule has 6 amide bonds. The second-order valence-corrected chi connectivity index (χ2v) is 9.00. The van der Waals surface area contributed by atoms with Crippen molar-refractivity contribution in [2.75, 3.05) is 45.8 Å². The van der Waals surface area contributed by atoms with Crippen LogP contribution < -0.4 is 21.3 Å². The minimum absolute atomic E-state index is 0.00186. The van der Waals surface area contributed by atoms with Crippen LogP contribution in [0.4, 0.5) is 0 Å². The maximum absolute atomic E-state index is 12.8. The van der Waals surface area contributed by atoms with Gasteiger partial charge in [-0.1, -0.05) is 13.3 Å². The van der Waals surface area contributed by atoms with Crippen LogP contribution in [-0.4, -0.2) is 141 Å². The van der Waals surface area contributed by atoms with E-state index in [0.717, 1.165) is 12.8 Å². The lowest BCUT2D eigenvalue weighted by Crippen LogP contribution is -2.57. The molecule has 0 aliphatic carbocycles. The summed E-state index contributed by atoms with van der Waals surface area (Å²) >= 11 is 0. The van der Waals surface area contributed by atoms with Gasteiger partial charge in [-0.05, 0) is 25.7 Å². The summed E-state index contributed by atoms with van der Waals surface area (Å²) in [5.74, 6) is -12.6. The van der Waals surface area contributed by atoms with Crippen LogP contribution in [0.3, 0.4) is 0 Å². The van der Waals surface area contributed by atoms with Gasteiger partial charge in [-0.3, -0.25) is 28.8 Å². The first-order chi connectivity index (χ1) is 20.6. The van der Waals surface area contributed by atoms with E-state index in [1.54, 1.807) is 0 Å². The van der Waals surface area contributed by atoms with E-state index in [1.807, 2.05) is 12.2 Å². The van der Waals surface area contributed by atoms with Gasteiger partial charge >= 0.3 is 47.5 Å². The molecule has 0 radical (unpaired) electrons. The molecule has 1 aliphatic rings. The van der Waals surface area contributed by atoms with Crippen molar-refractivity contribution in [3.63, 3.8) is 0 Å². The predicted molar refractivity (Wildman–Crippen MR) is 143 cm³/mol. The molecule has 1 heterocycles. The van der Waals surface area contributed by atoms with E-state index in [-0.39, 0.29) is 52.0 Å². The maximum atomic E-state index is 12.8. The number of aliphatic carboxylic acids is 4. The van der Waals surface area contributed by atoms with E-state index in [0.29, 0.717) is 6.54 Å². The second-order valence-electron chi connectivity index (χ2n) is 9.00. The minimum atomic E-state index is -1.79. The summed E-state index contributed by atoms with van der Waals surface area (Å²) < 4.78 is 0. The van der Waals surface area contributed by atoms with E-state index in [4.69, 9.17) is 20.4 Å². The Labute approximate surface area is 250 Å². The Bertz CT molecular complexity index is 1100. The molecule has 1 saturated heterocycles. The minimum Gasteiger partial charge on any atom is -0.474 e. The van der Waals surface area contributed by atoms with Gasteiger partial charge in [0.2, 0.25) is 11.8 Å². The van der Waals surface area contributed by atoms with Crippen molar-refractivity contribution in [2.24, 2.45) is 0 Å². The molecule has 1 rings (SSSR count). The van der Waals surface area contributed by atoms with Crippen molar-refractivity contribution in [1.82, 2.24) is 31.1 Å². The van der Waals surface area contributed by atoms with Crippen LogP contribution in [-0.2, 0) is 47.9 Å². The molecule has 1 atom stereocenters. The quantitative estimate of drug-likeness (QED) is 0.0747. The lowest BCUT2D eigenvalue weighted by Gasteiger charge is -2.36. The van der Waals surface area contributed by atoms with Crippen molar-refractivity contribution >= 4 is 59.3 Å². The Morgan fingerprint density at radius 2 is 1.02 bits per heavy atom. The van der Waals surface area contributed by atoms with E-state index < -0.39 is 71.9 Å². The van der Waals surface area contributed by atoms with Gasteiger partial charge in [0.25, 0.3) is 0 Å². The van der Waals surface area contributed by atoms with Gasteiger partial charge in [-0.2, -0.15) is 0 Å². The predicted octanol–water partition coefficient (Wildman–Crippen LogP) is -4.21. The molecule has 0 aromatic heterocycles. The summed E-state index contributed by atoms with van der Waals surface area (Å²) in [6, 6.07) is -1.20. The van der Waals surface area contributed by atoms with Crippen molar-refractivity contribution in [3.05, 3.63) is 0 Å². The number of nitrogens with one attached hydrogen (secondary N) is 4. The summed E-state index contributed by atoms with van der Waals surface area (Å²) in [6.45, 7) is 2.10. The Hall–Kier alpha value is -5.30. The molecule has 0 saturated carbocycles. The number of nitrogens with zero attached hydrogens (tertiary/aromatic N) is 2. The fraction of sp³-hybridized carbons (Fsp3) is 0.583. The third kappa shape index (κ3) is 15.6. The third-order valence-electron chi connectivity index (χ3n) is 5.75. The summed E-state index contributed by atoms with van der Waals surface area (Å²) in [7, 11) is 0. The van der Waals surface area contributed by atoms with E-state index in [2.05, 4.69) is 16.0 Å². The first kappa shape index (κ1) is 38.7. The topological polar surface area (TPSA) is 306 Å². The molecule has 20 nitrogen and oxygen atoms in total. The maximum Gasteiger partial charge on any atom is 0.394 e. The van der Waals surface area contributed by atoms with Crippen LogP contribution in [0.1, 0.15) is 39.0 Å². The summed E-state index contributed by atoms with van der Waals surface area (Å²) in [4.78, 5) is 113. The second kappa shape index (κ2) is 20.6. The Morgan fingerprint density at radius 1 is 0.591 bits per heavy atom. The number of rotatable bonds is 12. The average molecular weight is 633 g/mol. The van der Waals surface area contributed by atoms with Gasteiger partial charge < -0.3 is 51.5 Å². The van der Waals surface area contributed by atoms with Crippen LogP contribution in [0.2, 0.25) is 0 Å². The number of carbonyl (C=O) groups excluding carboxylic acids is 6. The number of piperazine rings is 1. The summed E-state index contributed by atoms with van der Waals surface area (Å²) in [5.41, 5.74) is 0. The number of carbonyl (C=O) groups is 10. The Morgan fingerprint density at radius 3 is 1.48 bits per heavy atom. The van der Waals surface area contributed by atoms with Crippen LogP contribution in [0.25, 0.3) is 0 Å². The molecule has 20 heteroatoms. The number of carboxylic acid groups (broad SMARTS) is 4. The molecule has 1 unspecified atom stereocenters. The van der Waals surface area contributed by atoms with E-state index in [1.165, 1.54) is 9.80 Å². The number of unbranched alkanes of at least 4 members (excludes halogenated alkanes) is 2. The lowest BCUT2D eigenvalue weighted by molar-refractivity contribution is -0.152. The molecule has 0 aromatic rings. The molecular formula is C24H36N6O14. The molecule has 1 aliphatic heterocycles. The lowest BCUT2D eigenvalue weighted by atomic mass is 10.1. The van der Waals surface area contributed by atoms with Crippen LogP contribution in [0.15, 0.2) is 0 Å². The Kier molecular flexibility index (Phi) is 18.1. The van der Waals surface area contributed by atoms with Gasteiger partial charge in [-0.15, -0.1) is 0 Å². The fourth-order valence-corrected chi connectivity index (χ4v) is 3.42. The zero-order valence-corrected chi connectivity index (χ0v) is 23.8. The SMILES string of the molecule is CCCCNC(=O)C(=O)O.O=C(O)C(=O)NCCCCC(NC(=O)C(=O)O)C(=O)N1CCN(C(=O)CNC(=O)C(=O)O)CC1. The van der Waals surface area contributed by atoms with Gasteiger partial charge in [0, 0.05) is 39.3 Å². The van der Waals surface area contributed by atoms with Crippen LogP contribution in [0.5, 0.6) is 0 Å². The van der Waals surface area contributed by atoms with Crippen LogP contribution in [0, 0.1) is 0 Å².